The third-order valence-electron chi connectivity index (χ3n) is 7.94. The molecule has 8 nitrogen and oxygen atoms in total. The average molecular weight is 615 g/mol. The molecule has 12 heteroatoms. The molecule has 3 atom stereocenters. The number of halogens is 4. The number of benzene rings is 1. The van der Waals surface area contributed by atoms with Crippen molar-refractivity contribution < 1.29 is 23.1 Å². The molecule has 2 amide bonds. The molecule has 1 N–H and O–H groups in total. The fourth-order valence-corrected chi connectivity index (χ4v) is 5.85. The Balaban J connectivity index is 0.00000231. The van der Waals surface area contributed by atoms with E-state index >= 15 is 0 Å². The van der Waals surface area contributed by atoms with Gasteiger partial charge in [-0.05, 0) is 37.1 Å². The van der Waals surface area contributed by atoms with Gasteiger partial charge in [0.25, 0.3) is 0 Å². The highest BCUT2D eigenvalue weighted by Crippen LogP contribution is 2.40. The smallest absolute Gasteiger partial charge is 0.248 e. The molecule has 2 saturated heterocycles. The highest BCUT2D eigenvalue weighted by Gasteiger charge is 2.41. The van der Waals surface area contributed by atoms with Crippen molar-refractivity contribution in [3.05, 3.63) is 58.9 Å². The molecule has 4 heterocycles. The minimum atomic E-state index is -0.616. The van der Waals surface area contributed by atoms with Gasteiger partial charge in [-0.25, -0.2) is 8.78 Å². The first kappa shape index (κ1) is 33.1. The van der Waals surface area contributed by atoms with Gasteiger partial charge in [-0.15, -0.1) is 24.8 Å². The summed E-state index contributed by atoms with van der Waals surface area (Å²) in [5.74, 6) is -1.27. The van der Waals surface area contributed by atoms with Crippen LogP contribution in [-0.4, -0.2) is 90.7 Å². The van der Waals surface area contributed by atoms with Gasteiger partial charge in [0.1, 0.15) is 18.2 Å². The SMILES string of the molecule is C[C@@H]1CN(CC(=O)N2CC(C)(C)c3ncc(Cc4ccc(F)cc4F)cc32)[C@@H](CN2C[C@H](C)OCC2=O)CN1.Cl.Cl. The Bertz CT molecular complexity index is 1270. The predicted octanol–water partition coefficient (Wildman–Crippen LogP) is 3.33. The second-order valence-corrected chi connectivity index (χ2v) is 11.8. The van der Waals surface area contributed by atoms with Gasteiger partial charge in [-0.1, -0.05) is 19.9 Å². The Hall–Kier alpha value is -2.37. The summed E-state index contributed by atoms with van der Waals surface area (Å²) in [6.07, 6.45) is 1.95. The fourth-order valence-electron chi connectivity index (χ4n) is 5.85. The van der Waals surface area contributed by atoms with E-state index in [1.807, 2.05) is 17.9 Å². The molecule has 3 aliphatic heterocycles. The monoisotopic (exact) mass is 613 g/mol. The van der Waals surface area contributed by atoms with Crippen molar-refractivity contribution in [3.63, 3.8) is 0 Å². The Morgan fingerprint density at radius 3 is 2.66 bits per heavy atom. The third kappa shape index (κ3) is 7.35. The number of ether oxygens (including phenoxy) is 1. The van der Waals surface area contributed by atoms with Gasteiger partial charge in [-0.2, -0.15) is 0 Å². The van der Waals surface area contributed by atoms with Crippen molar-refractivity contribution >= 4 is 42.3 Å². The molecule has 0 unspecified atom stereocenters. The van der Waals surface area contributed by atoms with Gasteiger partial charge in [0.2, 0.25) is 11.8 Å². The van der Waals surface area contributed by atoms with Crippen LogP contribution in [-0.2, 0) is 26.2 Å². The maximum atomic E-state index is 14.3. The van der Waals surface area contributed by atoms with E-state index in [0.717, 1.165) is 23.0 Å². The number of nitrogens with zero attached hydrogens (tertiary/aromatic N) is 4. The molecular formula is C29H39Cl2F2N5O3. The maximum absolute atomic E-state index is 14.3. The number of carbonyl (C=O) groups is 2. The summed E-state index contributed by atoms with van der Waals surface area (Å²) in [7, 11) is 0. The van der Waals surface area contributed by atoms with Crippen LogP contribution in [0.4, 0.5) is 14.5 Å². The largest absolute Gasteiger partial charge is 0.367 e. The molecule has 0 saturated carbocycles. The normalized spacial score (nSPS) is 24.0. The van der Waals surface area contributed by atoms with Gasteiger partial charge in [0.05, 0.1) is 24.0 Å². The molecule has 2 fully saturated rings. The van der Waals surface area contributed by atoms with Crippen LogP contribution in [0.3, 0.4) is 0 Å². The Morgan fingerprint density at radius 2 is 1.93 bits per heavy atom. The van der Waals surface area contributed by atoms with Crippen LogP contribution in [0.1, 0.15) is 44.5 Å². The summed E-state index contributed by atoms with van der Waals surface area (Å²) in [5.41, 5.74) is 2.36. The van der Waals surface area contributed by atoms with Crippen LogP contribution in [0.5, 0.6) is 0 Å². The standard InChI is InChI=1S/C29H37F2N5O3.2ClH/c1-18-12-34(23(11-32-18)14-35-13-19(2)39-16-27(35)38)15-26(37)36-17-29(3,4)28-25(36)8-20(10-33-28)7-21-5-6-22(30)9-24(21)31;;/h5-6,8-10,18-19,23,32H,7,11-17H2,1-4H3;2*1H/t18-,19+,23-;;/m1../s1. The van der Waals surface area contributed by atoms with E-state index in [2.05, 4.69) is 36.0 Å². The number of anilines is 1. The summed E-state index contributed by atoms with van der Waals surface area (Å²) in [6.45, 7) is 11.4. The molecule has 41 heavy (non-hydrogen) atoms. The van der Waals surface area contributed by atoms with Crippen molar-refractivity contribution in [2.24, 2.45) is 0 Å². The van der Waals surface area contributed by atoms with Crippen molar-refractivity contribution in [1.82, 2.24) is 20.1 Å². The first-order valence-electron chi connectivity index (χ1n) is 13.6. The molecule has 2 aromatic rings. The van der Waals surface area contributed by atoms with Gasteiger partial charge >= 0.3 is 0 Å². The molecule has 1 aromatic heterocycles. The lowest BCUT2D eigenvalue weighted by atomic mass is 9.91. The van der Waals surface area contributed by atoms with E-state index in [1.54, 1.807) is 11.1 Å². The third-order valence-corrected chi connectivity index (χ3v) is 7.94. The molecule has 0 radical (unpaired) electrons. The molecule has 226 valence electrons. The maximum Gasteiger partial charge on any atom is 0.248 e. The summed E-state index contributed by atoms with van der Waals surface area (Å²) >= 11 is 0. The zero-order valence-corrected chi connectivity index (χ0v) is 25.5. The molecule has 5 rings (SSSR count). The number of piperazine rings is 1. The van der Waals surface area contributed by atoms with E-state index in [1.165, 1.54) is 12.1 Å². The summed E-state index contributed by atoms with van der Waals surface area (Å²) < 4.78 is 33.2. The first-order chi connectivity index (χ1) is 18.5. The Labute approximate surface area is 252 Å². The lowest BCUT2D eigenvalue weighted by Crippen LogP contribution is -2.62. The topological polar surface area (TPSA) is 78.0 Å². The number of rotatable bonds is 6. The fraction of sp³-hybridized carbons (Fsp3) is 0.552. The highest BCUT2D eigenvalue weighted by molar-refractivity contribution is 5.97. The number of aromatic nitrogens is 1. The summed E-state index contributed by atoms with van der Waals surface area (Å²) in [6, 6.07) is 5.69. The number of nitrogens with one attached hydrogen (secondary N) is 1. The molecule has 0 spiro atoms. The molecular weight excluding hydrogens is 575 g/mol. The van der Waals surface area contributed by atoms with Crippen molar-refractivity contribution in [3.8, 4) is 0 Å². The van der Waals surface area contributed by atoms with Crippen molar-refractivity contribution in [2.45, 2.75) is 57.7 Å². The lowest BCUT2D eigenvalue weighted by Gasteiger charge is -2.42. The van der Waals surface area contributed by atoms with Gasteiger partial charge in [-0.3, -0.25) is 19.5 Å². The number of fused-ring (bicyclic) bond motifs is 1. The molecule has 0 aliphatic carbocycles. The van der Waals surface area contributed by atoms with E-state index in [4.69, 9.17) is 4.74 Å². The lowest BCUT2D eigenvalue weighted by molar-refractivity contribution is -0.149. The van der Waals surface area contributed by atoms with Crippen LogP contribution in [0, 0.1) is 11.6 Å². The summed E-state index contributed by atoms with van der Waals surface area (Å²) in [4.78, 5) is 36.8. The minimum Gasteiger partial charge on any atom is -0.367 e. The van der Waals surface area contributed by atoms with E-state index < -0.39 is 11.6 Å². The second-order valence-electron chi connectivity index (χ2n) is 11.8. The highest BCUT2D eigenvalue weighted by atomic mass is 35.5. The number of amides is 2. The van der Waals surface area contributed by atoms with Crippen molar-refractivity contribution in [1.29, 1.82) is 0 Å². The number of hydrogen-bond acceptors (Lipinski definition) is 6. The van der Waals surface area contributed by atoms with E-state index in [0.29, 0.717) is 38.3 Å². The van der Waals surface area contributed by atoms with Crippen LogP contribution in [0.15, 0.2) is 30.5 Å². The minimum absolute atomic E-state index is 0. The van der Waals surface area contributed by atoms with E-state index in [-0.39, 0.29) is 79.8 Å². The van der Waals surface area contributed by atoms with Crippen LogP contribution in [0.2, 0.25) is 0 Å². The van der Waals surface area contributed by atoms with E-state index in [9.17, 15) is 18.4 Å². The molecule has 1 aromatic carbocycles. The molecule has 0 bridgehead atoms. The van der Waals surface area contributed by atoms with Crippen LogP contribution in [0.25, 0.3) is 0 Å². The first-order valence-corrected chi connectivity index (χ1v) is 13.6. The summed E-state index contributed by atoms with van der Waals surface area (Å²) in [5, 5.41) is 3.49. The number of morpholine rings is 1. The average Bonchev–Trinajstić information content (AvgIpc) is 3.15. The van der Waals surface area contributed by atoms with Gasteiger partial charge in [0, 0.05) is 68.9 Å². The Morgan fingerprint density at radius 1 is 1.17 bits per heavy atom. The van der Waals surface area contributed by atoms with Gasteiger partial charge in [0.15, 0.2) is 0 Å². The quantitative estimate of drug-likeness (QED) is 0.539. The zero-order chi connectivity index (χ0) is 27.9. The predicted molar refractivity (Wildman–Crippen MR) is 158 cm³/mol. The Kier molecular flexibility index (Phi) is 10.7. The number of hydrogen-bond donors (Lipinski definition) is 1. The van der Waals surface area contributed by atoms with Crippen molar-refractivity contribution in [2.75, 3.05) is 50.8 Å². The van der Waals surface area contributed by atoms with Crippen LogP contribution >= 0.6 is 24.8 Å². The number of pyridine rings is 1. The second kappa shape index (κ2) is 13.3. The van der Waals surface area contributed by atoms with Crippen LogP contribution < -0.4 is 10.2 Å². The van der Waals surface area contributed by atoms with Gasteiger partial charge < -0.3 is 19.9 Å². The number of carbonyl (C=O) groups excluding carboxylic acids is 2. The zero-order valence-electron chi connectivity index (χ0n) is 23.9. The molecule has 3 aliphatic rings.